The maximum Gasteiger partial charge on any atom is 0.0236 e. The van der Waals surface area contributed by atoms with Gasteiger partial charge in [-0.3, -0.25) is 4.90 Å². The van der Waals surface area contributed by atoms with Crippen molar-refractivity contribution >= 4 is 0 Å². The Morgan fingerprint density at radius 1 is 1.00 bits per heavy atom. The van der Waals surface area contributed by atoms with Gasteiger partial charge >= 0.3 is 0 Å². The quantitative estimate of drug-likeness (QED) is 0.776. The molecular formula is C21H25N. The molecule has 0 spiro atoms. The number of aryl methyl sites for hydroxylation is 1. The summed E-state index contributed by atoms with van der Waals surface area (Å²) in [5, 5.41) is 0. The number of benzene rings is 2. The molecule has 0 aromatic heterocycles. The first-order valence-corrected chi connectivity index (χ1v) is 8.69. The molecule has 0 radical (unpaired) electrons. The van der Waals surface area contributed by atoms with Crippen LogP contribution in [0.4, 0.5) is 0 Å². The van der Waals surface area contributed by atoms with E-state index < -0.39 is 0 Å². The Hall–Kier alpha value is -1.60. The highest BCUT2D eigenvalue weighted by Gasteiger charge is 2.36. The van der Waals surface area contributed by atoms with Gasteiger partial charge in [0, 0.05) is 12.6 Å². The van der Waals surface area contributed by atoms with E-state index in [0.717, 1.165) is 18.5 Å². The van der Waals surface area contributed by atoms with Crippen molar-refractivity contribution in [3.63, 3.8) is 0 Å². The van der Waals surface area contributed by atoms with E-state index >= 15 is 0 Å². The predicted molar refractivity (Wildman–Crippen MR) is 92.1 cm³/mol. The van der Waals surface area contributed by atoms with Crippen molar-refractivity contribution in [1.29, 1.82) is 0 Å². The first-order valence-electron chi connectivity index (χ1n) is 8.69. The molecule has 0 amide bonds. The van der Waals surface area contributed by atoms with Gasteiger partial charge in [0.1, 0.15) is 0 Å². The predicted octanol–water partition coefficient (Wildman–Crippen LogP) is 4.69. The molecule has 1 nitrogen and oxygen atoms in total. The number of piperidine rings is 1. The molecule has 1 heteroatoms. The molecule has 1 aliphatic carbocycles. The van der Waals surface area contributed by atoms with Gasteiger partial charge in [-0.25, -0.2) is 0 Å². The SMILES string of the molecule is Cc1cccc2c1CCC1C2CCCN1Cc1ccccc1. The Labute approximate surface area is 134 Å². The highest BCUT2D eigenvalue weighted by molar-refractivity contribution is 5.40. The van der Waals surface area contributed by atoms with Crippen LogP contribution < -0.4 is 0 Å². The maximum absolute atomic E-state index is 2.74. The normalized spacial score (nSPS) is 24.6. The molecule has 1 aliphatic heterocycles. The zero-order chi connectivity index (χ0) is 14.9. The standard InChI is InChI=1S/C21H25N/c1-16-7-5-10-19-18(16)12-13-21-20(19)11-6-14-22(21)15-17-8-3-2-4-9-17/h2-5,7-10,20-21H,6,11-15H2,1H3. The lowest BCUT2D eigenvalue weighted by atomic mass is 9.73. The van der Waals surface area contributed by atoms with Crippen LogP contribution in [-0.4, -0.2) is 17.5 Å². The maximum atomic E-state index is 2.74. The van der Waals surface area contributed by atoms with E-state index in [0.29, 0.717) is 0 Å². The molecule has 114 valence electrons. The number of hydrogen-bond acceptors (Lipinski definition) is 1. The summed E-state index contributed by atoms with van der Waals surface area (Å²) in [4.78, 5) is 2.74. The van der Waals surface area contributed by atoms with Gasteiger partial charge in [0.05, 0.1) is 0 Å². The summed E-state index contributed by atoms with van der Waals surface area (Å²) in [5.74, 6) is 0.751. The lowest BCUT2D eigenvalue weighted by Crippen LogP contribution is -2.45. The van der Waals surface area contributed by atoms with Crippen LogP contribution in [0, 0.1) is 6.92 Å². The molecule has 0 saturated carbocycles. The van der Waals surface area contributed by atoms with Gasteiger partial charge in [-0.05, 0) is 67.3 Å². The van der Waals surface area contributed by atoms with Gasteiger partial charge in [0.25, 0.3) is 0 Å². The van der Waals surface area contributed by atoms with Gasteiger partial charge in [-0.2, -0.15) is 0 Å². The van der Waals surface area contributed by atoms with Crippen molar-refractivity contribution in [1.82, 2.24) is 4.90 Å². The molecule has 22 heavy (non-hydrogen) atoms. The highest BCUT2D eigenvalue weighted by Crippen LogP contribution is 2.41. The molecule has 0 bridgehead atoms. The average Bonchev–Trinajstić information content (AvgIpc) is 2.56. The fourth-order valence-corrected chi connectivity index (χ4v) is 4.59. The van der Waals surface area contributed by atoms with Crippen molar-refractivity contribution in [2.45, 2.75) is 51.1 Å². The minimum Gasteiger partial charge on any atom is -0.296 e. The Kier molecular flexibility index (Phi) is 3.75. The second kappa shape index (κ2) is 5.89. The summed E-state index contributed by atoms with van der Waals surface area (Å²) in [7, 11) is 0. The lowest BCUT2D eigenvalue weighted by molar-refractivity contribution is 0.105. The van der Waals surface area contributed by atoms with Crippen LogP contribution in [0.25, 0.3) is 0 Å². The molecule has 2 aromatic rings. The van der Waals surface area contributed by atoms with E-state index in [4.69, 9.17) is 0 Å². The van der Waals surface area contributed by atoms with Gasteiger partial charge < -0.3 is 0 Å². The van der Waals surface area contributed by atoms with Gasteiger partial charge in [0.15, 0.2) is 0 Å². The number of fused-ring (bicyclic) bond motifs is 3. The molecule has 1 saturated heterocycles. The highest BCUT2D eigenvalue weighted by atomic mass is 15.2. The van der Waals surface area contributed by atoms with E-state index in [1.165, 1.54) is 43.4 Å². The van der Waals surface area contributed by atoms with Crippen LogP contribution in [0.2, 0.25) is 0 Å². The number of likely N-dealkylation sites (tertiary alicyclic amines) is 1. The summed E-state index contributed by atoms with van der Waals surface area (Å²) in [5.41, 5.74) is 6.24. The minimum atomic E-state index is 0.739. The molecule has 4 rings (SSSR count). The summed E-state index contributed by atoms with van der Waals surface area (Å²) in [6, 6.07) is 18.6. The van der Waals surface area contributed by atoms with Gasteiger partial charge in [0.2, 0.25) is 0 Å². The van der Waals surface area contributed by atoms with Crippen molar-refractivity contribution in [3.05, 3.63) is 70.8 Å². The second-order valence-corrected chi connectivity index (χ2v) is 6.95. The molecule has 2 aromatic carbocycles. The molecule has 2 aliphatic rings. The third-order valence-electron chi connectivity index (χ3n) is 5.66. The average molecular weight is 291 g/mol. The van der Waals surface area contributed by atoms with E-state index in [1.807, 2.05) is 0 Å². The molecule has 0 N–H and O–H groups in total. The summed E-state index contributed by atoms with van der Waals surface area (Å²) < 4.78 is 0. The first kappa shape index (κ1) is 14.0. The number of rotatable bonds is 2. The van der Waals surface area contributed by atoms with Crippen LogP contribution >= 0.6 is 0 Å². The monoisotopic (exact) mass is 291 g/mol. The smallest absolute Gasteiger partial charge is 0.0236 e. The molecule has 2 unspecified atom stereocenters. The zero-order valence-electron chi connectivity index (χ0n) is 13.5. The second-order valence-electron chi connectivity index (χ2n) is 6.95. The third-order valence-corrected chi connectivity index (χ3v) is 5.66. The lowest BCUT2D eigenvalue weighted by Gasteiger charge is -2.45. The molecule has 1 heterocycles. The van der Waals surface area contributed by atoms with E-state index in [2.05, 4.69) is 60.4 Å². The van der Waals surface area contributed by atoms with Crippen molar-refractivity contribution in [3.8, 4) is 0 Å². The number of hydrogen-bond donors (Lipinski definition) is 0. The largest absolute Gasteiger partial charge is 0.296 e. The van der Waals surface area contributed by atoms with Crippen LogP contribution in [0.5, 0.6) is 0 Å². The summed E-state index contributed by atoms with van der Waals surface area (Å²) >= 11 is 0. The summed E-state index contributed by atoms with van der Waals surface area (Å²) in [6.07, 6.45) is 5.29. The Balaban J connectivity index is 1.61. The van der Waals surface area contributed by atoms with Crippen LogP contribution in [0.15, 0.2) is 48.5 Å². The fourth-order valence-electron chi connectivity index (χ4n) is 4.59. The van der Waals surface area contributed by atoms with Crippen LogP contribution in [0.1, 0.15) is 47.4 Å². The third kappa shape index (κ3) is 2.48. The van der Waals surface area contributed by atoms with Gasteiger partial charge in [-0.15, -0.1) is 0 Å². The number of nitrogens with zero attached hydrogens (tertiary/aromatic N) is 1. The van der Waals surface area contributed by atoms with Crippen molar-refractivity contribution in [2.75, 3.05) is 6.54 Å². The zero-order valence-corrected chi connectivity index (χ0v) is 13.5. The fraction of sp³-hybridized carbons (Fsp3) is 0.429. The van der Waals surface area contributed by atoms with E-state index in [1.54, 1.807) is 11.1 Å². The van der Waals surface area contributed by atoms with Crippen molar-refractivity contribution < 1.29 is 0 Å². The van der Waals surface area contributed by atoms with E-state index in [9.17, 15) is 0 Å². The summed E-state index contributed by atoms with van der Waals surface area (Å²) in [6.45, 7) is 4.66. The Bertz CT molecular complexity index is 646. The minimum absolute atomic E-state index is 0.739. The molecule has 1 fully saturated rings. The topological polar surface area (TPSA) is 3.24 Å². The first-order chi connectivity index (χ1) is 10.8. The Morgan fingerprint density at radius 2 is 1.86 bits per heavy atom. The van der Waals surface area contributed by atoms with Crippen LogP contribution in [0.3, 0.4) is 0 Å². The molecule has 2 atom stereocenters. The van der Waals surface area contributed by atoms with Crippen molar-refractivity contribution in [2.24, 2.45) is 0 Å². The Morgan fingerprint density at radius 3 is 2.73 bits per heavy atom. The van der Waals surface area contributed by atoms with Gasteiger partial charge in [-0.1, -0.05) is 48.5 Å². The van der Waals surface area contributed by atoms with E-state index in [-0.39, 0.29) is 0 Å². The molecular weight excluding hydrogens is 266 g/mol. The van der Waals surface area contributed by atoms with Crippen LogP contribution in [-0.2, 0) is 13.0 Å².